The van der Waals surface area contributed by atoms with E-state index in [1.807, 2.05) is 7.05 Å². The first kappa shape index (κ1) is 13.6. The van der Waals surface area contributed by atoms with Gasteiger partial charge in [-0.25, -0.2) is 0 Å². The van der Waals surface area contributed by atoms with E-state index in [0.717, 1.165) is 19.1 Å². The molecule has 18 heavy (non-hydrogen) atoms. The van der Waals surface area contributed by atoms with Crippen molar-refractivity contribution in [2.75, 3.05) is 7.05 Å². The van der Waals surface area contributed by atoms with Gasteiger partial charge in [0.25, 0.3) is 0 Å². The molecule has 0 saturated heterocycles. The Balaban J connectivity index is 1.86. The average molecular weight is 247 g/mol. The highest BCUT2D eigenvalue weighted by Gasteiger charge is 2.18. The van der Waals surface area contributed by atoms with Gasteiger partial charge < -0.3 is 10.1 Å². The molecule has 1 aliphatic carbocycles. The zero-order valence-corrected chi connectivity index (χ0v) is 11.6. The molecule has 1 aliphatic rings. The lowest BCUT2D eigenvalue weighted by Crippen LogP contribution is -2.20. The normalized spacial score (nSPS) is 24.1. The zero-order valence-electron chi connectivity index (χ0n) is 11.6. The van der Waals surface area contributed by atoms with Gasteiger partial charge in [-0.3, -0.25) is 0 Å². The van der Waals surface area contributed by atoms with Crippen molar-refractivity contribution >= 4 is 0 Å². The topological polar surface area (TPSA) is 21.3 Å². The third-order valence-corrected chi connectivity index (χ3v) is 3.92. The van der Waals surface area contributed by atoms with E-state index in [0.29, 0.717) is 6.10 Å². The Kier molecular flexibility index (Phi) is 5.21. The Bertz CT molecular complexity index is 356. The third-order valence-electron chi connectivity index (χ3n) is 3.92. The monoisotopic (exact) mass is 247 g/mol. The molecule has 1 N–H and O–H groups in total. The molecule has 0 radical (unpaired) electrons. The van der Waals surface area contributed by atoms with Gasteiger partial charge in [0, 0.05) is 6.54 Å². The molecule has 0 aromatic heterocycles. The molecule has 0 unspecified atom stereocenters. The molecule has 1 aromatic carbocycles. The van der Waals surface area contributed by atoms with Crippen molar-refractivity contribution in [3.63, 3.8) is 0 Å². The lowest BCUT2D eigenvalue weighted by molar-refractivity contribution is 0.00846. The van der Waals surface area contributed by atoms with Crippen LogP contribution in [0.2, 0.25) is 0 Å². The fraction of sp³-hybridized carbons (Fsp3) is 0.625. The first-order chi connectivity index (χ1) is 8.79. The summed E-state index contributed by atoms with van der Waals surface area (Å²) in [5, 5.41) is 3.21. The summed E-state index contributed by atoms with van der Waals surface area (Å²) in [4.78, 5) is 0. The number of hydrogen-bond acceptors (Lipinski definition) is 2. The van der Waals surface area contributed by atoms with Crippen LogP contribution in [-0.2, 0) is 17.9 Å². The van der Waals surface area contributed by atoms with Crippen LogP contribution in [0.5, 0.6) is 0 Å². The summed E-state index contributed by atoms with van der Waals surface area (Å²) < 4.78 is 6.08. The summed E-state index contributed by atoms with van der Waals surface area (Å²) in [6.07, 6.45) is 5.58. The van der Waals surface area contributed by atoms with Crippen LogP contribution in [0.25, 0.3) is 0 Å². The first-order valence-corrected chi connectivity index (χ1v) is 7.12. The van der Waals surface area contributed by atoms with Crippen molar-refractivity contribution in [3.05, 3.63) is 35.4 Å². The number of nitrogens with one attached hydrogen (secondary N) is 1. The Labute approximate surface area is 111 Å². The van der Waals surface area contributed by atoms with Gasteiger partial charge in [-0.1, -0.05) is 31.2 Å². The van der Waals surface area contributed by atoms with Crippen molar-refractivity contribution in [2.45, 2.75) is 51.9 Å². The van der Waals surface area contributed by atoms with E-state index < -0.39 is 0 Å². The number of rotatable bonds is 5. The van der Waals surface area contributed by atoms with Gasteiger partial charge in [0.15, 0.2) is 0 Å². The van der Waals surface area contributed by atoms with Gasteiger partial charge in [0.05, 0.1) is 12.7 Å². The van der Waals surface area contributed by atoms with Gasteiger partial charge >= 0.3 is 0 Å². The van der Waals surface area contributed by atoms with E-state index in [4.69, 9.17) is 4.74 Å². The van der Waals surface area contributed by atoms with Crippen LogP contribution < -0.4 is 5.32 Å². The lowest BCUT2D eigenvalue weighted by Gasteiger charge is -2.26. The molecule has 0 bridgehead atoms. The standard InChI is InChI=1S/C16H25NO/c1-13-7-9-16(10-8-13)18-12-15-6-4-3-5-14(15)11-17-2/h3-6,13,16-17H,7-12H2,1-2H3. The van der Waals surface area contributed by atoms with E-state index in [9.17, 15) is 0 Å². The highest BCUT2D eigenvalue weighted by atomic mass is 16.5. The van der Waals surface area contributed by atoms with Crippen molar-refractivity contribution in [2.24, 2.45) is 5.92 Å². The minimum atomic E-state index is 0.476. The highest BCUT2D eigenvalue weighted by molar-refractivity contribution is 5.26. The SMILES string of the molecule is CNCc1ccccc1COC1CCC(C)CC1. The van der Waals surface area contributed by atoms with Crippen LogP contribution in [0.4, 0.5) is 0 Å². The van der Waals surface area contributed by atoms with Crippen molar-refractivity contribution in [1.82, 2.24) is 5.32 Å². The fourth-order valence-corrected chi connectivity index (χ4v) is 2.67. The minimum Gasteiger partial charge on any atom is -0.374 e. The number of ether oxygens (including phenoxy) is 1. The predicted octanol–water partition coefficient (Wildman–Crippen LogP) is 3.50. The molecular formula is C16H25NO. The minimum absolute atomic E-state index is 0.476. The van der Waals surface area contributed by atoms with Gasteiger partial charge in [-0.05, 0) is 49.8 Å². The molecule has 1 fully saturated rings. The quantitative estimate of drug-likeness (QED) is 0.860. The van der Waals surface area contributed by atoms with Crippen molar-refractivity contribution < 1.29 is 4.74 Å². The summed E-state index contributed by atoms with van der Waals surface area (Å²) in [5.41, 5.74) is 2.68. The van der Waals surface area contributed by atoms with E-state index in [-0.39, 0.29) is 0 Å². The van der Waals surface area contributed by atoms with E-state index in [1.54, 1.807) is 0 Å². The van der Waals surface area contributed by atoms with Crippen LogP contribution in [0, 0.1) is 5.92 Å². The van der Waals surface area contributed by atoms with E-state index >= 15 is 0 Å². The lowest BCUT2D eigenvalue weighted by atomic mass is 9.89. The van der Waals surface area contributed by atoms with Crippen LogP contribution in [0.1, 0.15) is 43.7 Å². The first-order valence-electron chi connectivity index (χ1n) is 7.12. The molecule has 0 atom stereocenters. The van der Waals surface area contributed by atoms with Crippen LogP contribution >= 0.6 is 0 Å². The Hall–Kier alpha value is -0.860. The predicted molar refractivity (Wildman–Crippen MR) is 75.4 cm³/mol. The summed E-state index contributed by atoms with van der Waals surface area (Å²) in [6.45, 7) is 4.02. The van der Waals surface area contributed by atoms with Crippen molar-refractivity contribution in [3.8, 4) is 0 Å². The van der Waals surface area contributed by atoms with Gasteiger partial charge in [-0.15, -0.1) is 0 Å². The van der Waals surface area contributed by atoms with Crippen LogP contribution in [0.3, 0.4) is 0 Å². The Morgan fingerprint density at radius 1 is 1.11 bits per heavy atom. The highest BCUT2D eigenvalue weighted by Crippen LogP contribution is 2.26. The maximum Gasteiger partial charge on any atom is 0.0723 e. The molecule has 2 heteroatoms. The number of hydrogen-bond donors (Lipinski definition) is 1. The smallest absolute Gasteiger partial charge is 0.0723 e. The van der Waals surface area contributed by atoms with E-state index in [2.05, 4.69) is 36.5 Å². The summed E-state index contributed by atoms with van der Waals surface area (Å²) in [7, 11) is 1.99. The van der Waals surface area contributed by atoms with Crippen LogP contribution in [-0.4, -0.2) is 13.2 Å². The molecule has 0 heterocycles. The second-order valence-electron chi connectivity index (χ2n) is 5.49. The third kappa shape index (κ3) is 3.82. The molecule has 0 amide bonds. The van der Waals surface area contributed by atoms with Gasteiger partial charge in [0.2, 0.25) is 0 Å². The maximum atomic E-state index is 6.08. The molecule has 0 spiro atoms. The second-order valence-corrected chi connectivity index (χ2v) is 5.49. The average Bonchev–Trinajstić information content (AvgIpc) is 2.40. The largest absolute Gasteiger partial charge is 0.374 e. The Morgan fingerprint density at radius 2 is 1.78 bits per heavy atom. The molecule has 1 saturated carbocycles. The fourth-order valence-electron chi connectivity index (χ4n) is 2.67. The van der Waals surface area contributed by atoms with Crippen molar-refractivity contribution in [1.29, 1.82) is 0 Å². The van der Waals surface area contributed by atoms with Gasteiger partial charge in [-0.2, -0.15) is 0 Å². The summed E-state index contributed by atoms with van der Waals surface area (Å²) in [6, 6.07) is 8.55. The maximum absolute atomic E-state index is 6.08. The molecule has 0 aliphatic heterocycles. The van der Waals surface area contributed by atoms with Crippen LogP contribution in [0.15, 0.2) is 24.3 Å². The second kappa shape index (κ2) is 6.91. The summed E-state index contributed by atoms with van der Waals surface area (Å²) in [5.74, 6) is 0.890. The molecular weight excluding hydrogens is 222 g/mol. The molecule has 100 valence electrons. The van der Waals surface area contributed by atoms with Gasteiger partial charge in [0.1, 0.15) is 0 Å². The zero-order chi connectivity index (χ0) is 12.8. The molecule has 2 nitrogen and oxygen atoms in total. The summed E-state index contributed by atoms with van der Waals surface area (Å²) >= 11 is 0. The number of benzene rings is 1. The molecule has 1 aromatic rings. The van der Waals surface area contributed by atoms with E-state index in [1.165, 1.54) is 36.8 Å². The Morgan fingerprint density at radius 3 is 2.44 bits per heavy atom. The molecule has 2 rings (SSSR count).